The highest BCUT2D eigenvalue weighted by atomic mass is 16.3. The van der Waals surface area contributed by atoms with Crippen LogP contribution < -0.4 is 0 Å². The molecule has 1 rings (SSSR count). The van der Waals surface area contributed by atoms with Crippen LogP contribution >= 0.6 is 0 Å². The molecule has 1 saturated carbocycles. The average molecular weight is 210 g/mol. The van der Waals surface area contributed by atoms with E-state index in [4.69, 9.17) is 0 Å². The topological polar surface area (TPSA) is 37.3 Å². The number of aliphatic hydroxyl groups is 1. The van der Waals surface area contributed by atoms with Crippen molar-refractivity contribution in [2.24, 2.45) is 0 Å². The normalized spacial score (nSPS) is 21.2. The molecule has 1 unspecified atom stereocenters. The molecule has 15 heavy (non-hydrogen) atoms. The minimum absolute atomic E-state index is 0.239. The number of ketones is 1. The summed E-state index contributed by atoms with van der Waals surface area (Å²) < 4.78 is 0. The molecule has 0 aliphatic heterocycles. The Morgan fingerprint density at radius 3 is 2.73 bits per heavy atom. The van der Waals surface area contributed by atoms with Crippen LogP contribution in [0.1, 0.15) is 58.3 Å². The maximum atomic E-state index is 11.3. The van der Waals surface area contributed by atoms with Crippen LogP contribution in [0, 0.1) is 0 Å². The van der Waals surface area contributed by atoms with Crippen molar-refractivity contribution in [1.29, 1.82) is 0 Å². The predicted octanol–water partition coefficient (Wildman–Crippen LogP) is 3.00. The molecule has 1 atom stereocenters. The Labute approximate surface area is 92.4 Å². The lowest BCUT2D eigenvalue weighted by Gasteiger charge is -2.06. The van der Waals surface area contributed by atoms with Gasteiger partial charge < -0.3 is 5.11 Å². The Morgan fingerprint density at radius 2 is 2.13 bits per heavy atom. The van der Waals surface area contributed by atoms with E-state index in [0.29, 0.717) is 6.42 Å². The molecular weight excluding hydrogens is 188 g/mol. The average Bonchev–Trinajstić information content (AvgIpc) is 2.59. The van der Waals surface area contributed by atoms with Crippen molar-refractivity contribution in [2.45, 2.75) is 64.4 Å². The largest absolute Gasteiger partial charge is 0.389 e. The summed E-state index contributed by atoms with van der Waals surface area (Å²) in [7, 11) is 0. The summed E-state index contributed by atoms with van der Waals surface area (Å²) in [5.41, 5.74) is 0.859. The highest BCUT2D eigenvalue weighted by Crippen LogP contribution is 2.21. The molecule has 1 N–H and O–H groups in total. The third kappa shape index (κ3) is 4.61. The van der Waals surface area contributed by atoms with Crippen molar-refractivity contribution >= 4 is 5.78 Å². The number of hydrogen-bond donors (Lipinski definition) is 1. The first-order valence-corrected chi connectivity index (χ1v) is 6.16. The molecule has 2 heteroatoms. The van der Waals surface area contributed by atoms with Gasteiger partial charge in [-0.05, 0) is 30.9 Å². The molecule has 1 fully saturated rings. The molecule has 86 valence electrons. The Kier molecular flexibility index (Phi) is 5.62. The minimum atomic E-state index is -0.404. The Balaban J connectivity index is 2.22. The third-order valence-corrected chi connectivity index (χ3v) is 2.96. The number of carbonyl (C=O) groups excluding carboxylic acids is 1. The lowest BCUT2D eigenvalue weighted by Crippen LogP contribution is -2.05. The number of rotatable bonds is 6. The molecular formula is C13H22O2. The van der Waals surface area contributed by atoms with E-state index >= 15 is 0 Å². The molecule has 0 heterocycles. The van der Waals surface area contributed by atoms with Crippen LogP contribution in [0.15, 0.2) is 11.6 Å². The summed E-state index contributed by atoms with van der Waals surface area (Å²) in [6.07, 6.45) is 9.39. The molecule has 0 spiro atoms. The molecule has 0 radical (unpaired) electrons. The van der Waals surface area contributed by atoms with E-state index in [1.807, 2.05) is 0 Å². The van der Waals surface area contributed by atoms with Gasteiger partial charge in [-0.1, -0.05) is 32.6 Å². The van der Waals surface area contributed by atoms with E-state index in [0.717, 1.165) is 31.3 Å². The highest BCUT2D eigenvalue weighted by Gasteiger charge is 2.17. The Morgan fingerprint density at radius 1 is 1.33 bits per heavy atom. The summed E-state index contributed by atoms with van der Waals surface area (Å²) >= 11 is 0. The van der Waals surface area contributed by atoms with Crippen LogP contribution in [0.3, 0.4) is 0 Å². The van der Waals surface area contributed by atoms with Crippen LogP contribution in [0.2, 0.25) is 0 Å². The van der Waals surface area contributed by atoms with Crippen molar-refractivity contribution in [3.05, 3.63) is 11.6 Å². The van der Waals surface area contributed by atoms with Gasteiger partial charge in [-0.3, -0.25) is 4.79 Å². The van der Waals surface area contributed by atoms with Gasteiger partial charge in [0.25, 0.3) is 0 Å². The standard InChI is InChI=1S/C13H22O2/c1-2-3-4-5-8-12(14)10-11-7-6-9-13(11)15/h10,12,14H,2-9H2,1H3/b11-10-. The zero-order chi connectivity index (χ0) is 11.1. The van der Waals surface area contributed by atoms with Crippen LogP contribution in [0.4, 0.5) is 0 Å². The first kappa shape index (κ1) is 12.4. The first-order valence-electron chi connectivity index (χ1n) is 6.16. The van der Waals surface area contributed by atoms with Crippen LogP contribution in [-0.4, -0.2) is 17.0 Å². The summed E-state index contributed by atoms with van der Waals surface area (Å²) in [5, 5.41) is 9.70. The number of hydrogen-bond acceptors (Lipinski definition) is 2. The second kappa shape index (κ2) is 6.78. The van der Waals surface area contributed by atoms with Gasteiger partial charge in [0, 0.05) is 6.42 Å². The number of allylic oxidation sites excluding steroid dienone is 1. The second-order valence-corrected chi connectivity index (χ2v) is 4.39. The fourth-order valence-corrected chi connectivity index (χ4v) is 2.01. The van der Waals surface area contributed by atoms with Gasteiger partial charge in [-0.25, -0.2) is 0 Å². The van der Waals surface area contributed by atoms with Gasteiger partial charge >= 0.3 is 0 Å². The molecule has 0 aromatic heterocycles. The summed E-state index contributed by atoms with van der Waals surface area (Å²) in [6, 6.07) is 0. The SMILES string of the molecule is CCCCCCC(O)/C=C1/CCCC1=O. The number of Topliss-reactive ketones (excluding diaryl/α,β-unsaturated/α-hetero) is 1. The fraction of sp³-hybridized carbons (Fsp3) is 0.769. The van der Waals surface area contributed by atoms with E-state index in [2.05, 4.69) is 6.92 Å². The maximum absolute atomic E-state index is 11.3. The zero-order valence-electron chi connectivity index (χ0n) is 9.67. The molecule has 2 nitrogen and oxygen atoms in total. The van der Waals surface area contributed by atoms with E-state index in [-0.39, 0.29) is 5.78 Å². The minimum Gasteiger partial charge on any atom is -0.389 e. The van der Waals surface area contributed by atoms with Crippen molar-refractivity contribution in [1.82, 2.24) is 0 Å². The van der Waals surface area contributed by atoms with Gasteiger partial charge in [0.2, 0.25) is 0 Å². The summed E-state index contributed by atoms with van der Waals surface area (Å²) in [5.74, 6) is 0.239. The van der Waals surface area contributed by atoms with E-state index in [1.54, 1.807) is 6.08 Å². The van der Waals surface area contributed by atoms with Crippen LogP contribution in [-0.2, 0) is 4.79 Å². The van der Waals surface area contributed by atoms with E-state index in [9.17, 15) is 9.90 Å². The van der Waals surface area contributed by atoms with Crippen molar-refractivity contribution in [2.75, 3.05) is 0 Å². The number of unbranched alkanes of at least 4 members (excludes halogenated alkanes) is 3. The fourth-order valence-electron chi connectivity index (χ4n) is 2.01. The summed E-state index contributed by atoms with van der Waals surface area (Å²) in [6.45, 7) is 2.18. The predicted molar refractivity (Wildman–Crippen MR) is 61.7 cm³/mol. The maximum Gasteiger partial charge on any atom is 0.158 e. The lowest BCUT2D eigenvalue weighted by atomic mass is 10.1. The molecule has 0 bridgehead atoms. The Hall–Kier alpha value is -0.630. The Bertz CT molecular complexity index is 231. The monoisotopic (exact) mass is 210 g/mol. The van der Waals surface area contributed by atoms with Crippen LogP contribution in [0.5, 0.6) is 0 Å². The van der Waals surface area contributed by atoms with Gasteiger partial charge in [-0.15, -0.1) is 0 Å². The van der Waals surface area contributed by atoms with E-state index in [1.165, 1.54) is 19.3 Å². The molecule has 0 amide bonds. The quantitative estimate of drug-likeness (QED) is 0.540. The number of carbonyl (C=O) groups is 1. The molecule has 0 aromatic rings. The van der Waals surface area contributed by atoms with Gasteiger partial charge in [0.15, 0.2) is 5.78 Å². The highest BCUT2D eigenvalue weighted by molar-refractivity contribution is 5.97. The van der Waals surface area contributed by atoms with Gasteiger partial charge in [0.05, 0.1) is 6.10 Å². The number of aliphatic hydroxyl groups excluding tert-OH is 1. The van der Waals surface area contributed by atoms with Gasteiger partial charge in [0.1, 0.15) is 0 Å². The summed E-state index contributed by atoms with van der Waals surface area (Å²) in [4.78, 5) is 11.3. The molecule has 1 aliphatic carbocycles. The molecule has 0 saturated heterocycles. The van der Waals surface area contributed by atoms with Gasteiger partial charge in [-0.2, -0.15) is 0 Å². The van der Waals surface area contributed by atoms with Crippen LogP contribution in [0.25, 0.3) is 0 Å². The molecule has 0 aromatic carbocycles. The third-order valence-electron chi connectivity index (χ3n) is 2.96. The van der Waals surface area contributed by atoms with Crippen molar-refractivity contribution < 1.29 is 9.90 Å². The van der Waals surface area contributed by atoms with Crippen molar-refractivity contribution in [3.63, 3.8) is 0 Å². The molecule has 1 aliphatic rings. The lowest BCUT2D eigenvalue weighted by molar-refractivity contribution is -0.114. The van der Waals surface area contributed by atoms with E-state index < -0.39 is 6.10 Å². The first-order chi connectivity index (χ1) is 7.24. The van der Waals surface area contributed by atoms with Crippen molar-refractivity contribution in [3.8, 4) is 0 Å². The smallest absolute Gasteiger partial charge is 0.158 e. The second-order valence-electron chi connectivity index (χ2n) is 4.39. The zero-order valence-corrected chi connectivity index (χ0v) is 9.67.